The molecular weight excluding hydrogens is 366 g/mol. The number of H-pyrrole nitrogens is 1. The largest absolute Gasteiger partial charge is 0.393 e. The van der Waals surface area contributed by atoms with E-state index in [2.05, 4.69) is 40.0 Å². The zero-order valence-electron chi connectivity index (χ0n) is 17.6. The van der Waals surface area contributed by atoms with Gasteiger partial charge in [-0.1, -0.05) is 19.1 Å². The molecule has 2 aromatic rings. The molecule has 1 aromatic heterocycles. The van der Waals surface area contributed by atoms with Crippen LogP contribution in [0, 0.1) is 5.92 Å². The van der Waals surface area contributed by atoms with Crippen LogP contribution in [0.15, 0.2) is 29.1 Å². The molecule has 1 aliphatic heterocycles. The van der Waals surface area contributed by atoms with Crippen LogP contribution in [0.4, 0.5) is 0 Å². The lowest BCUT2D eigenvalue weighted by molar-refractivity contribution is -0.111. The number of aromatic nitrogens is 1. The molecule has 0 bridgehead atoms. The maximum Gasteiger partial charge on any atom is 0.251 e. The van der Waals surface area contributed by atoms with Crippen molar-refractivity contribution in [3.8, 4) is 0 Å². The Kier molecular flexibility index (Phi) is 7.58. The second kappa shape index (κ2) is 10.1. The smallest absolute Gasteiger partial charge is 0.251 e. The summed E-state index contributed by atoms with van der Waals surface area (Å²) in [5, 5.41) is 9.99. The van der Waals surface area contributed by atoms with Crippen molar-refractivity contribution >= 4 is 17.2 Å². The maximum atomic E-state index is 11.9. The third-order valence-electron chi connectivity index (χ3n) is 6.01. The minimum absolute atomic E-state index is 0.0433. The number of hydrogen-bond acceptors (Lipinski definition) is 5. The van der Waals surface area contributed by atoms with Gasteiger partial charge in [0.05, 0.1) is 6.10 Å². The molecule has 0 spiro atoms. The normalized spacial score (nSPS) is 23.0. The molecule has 6 nitrogen and oxygen atoms in total. The van der Waals surface area contributed by atoms with E-state index >= 15 is 0 Å². The fourth-order valence-corrected chi connectivity index (χ4v) is 4.03. The van der Waals surface area contributed by atoms with Gasteiger partial charge in [-0.15, -0.1) is 0 Å². The highest BCUT2D eigenvalue weighted by Gasteiger charge is 2.21. The molecule has 2 aliphatic rings. The molecule has 2 heterocycles. The molecule has 2 fully saturated rings. The van der Waals surface area contributed by atoms with Gasteiger partial charge in [0, 0.05) is 49.7 Å². The van der Waals surface area contributed by atoms with Gasteiger partial charge in [0.15, 0.2) is 0 Å². The Labute approximate surface area is 172 Å². The van der Waals surface area contributed by atoms with Crippen LogP contribution in [0.25, 0.3) is 10.9 Å². The van der Waals surface area contributed by atoms with Crippen molar-refractivity contribution in [3.63, 3.8) is 0 Å². The van der Waals surface area contributed by atoms with Gasteiger partial charge in [0.2, 0.25) is 0 Å². The number of carbonyl (C=O) groups excluding carboxylic acids is 1. The first-order valence-electron chi connectivity index (χ1n) is 10.7. The Morgan fingerprint density at radius 2 is 1.93 bits per heavy atom. The van der Waals surface area contributed by atoms with Gasteiger partial charge >= 0.3 is 0 Å². The number of aryl methyl sites for hydroxylation is 1. The molecule has 0 radical (unpaired) electrons. The fourth-order valence-electron chi connectivity index (χ4n) is 4.03. The topological polar surface area (TPSA) is 76.6 Å². The lowest BCUT2D eigenvalue weighted by atomic mass is 10.1. The number of hydrogen-bond donors (Lipinski definition) is 2. The molecule has 0 amide bonds. The lowest BCUT2D eigenvalue weighted by Crippen LogP contribution is -2.43. The van der Waals surface area contributed by atoms with E-state index < -0.39 is 0 Å². The Hall–Kier alpha value is -2.02. The minimum Gasteiger partial charge on any atom is -0.393 e. The molecule has 4 rings (SSSR count). The molecule has 1 saturated carbocycles. The maximum absolute atomic E-state index is 11.9. The standard InChI is InChI=1S/C17H23N3O.C6H10O2/c1-3-14-11-15-5-4-13(10-16(15)18-17(14)21)12-20-8-6-19(2)7-9-20;7-4-5-1-2-6(8)3-5/h4-5,10-11H,3,6-9,12H2,1-2H3,(H,18,21);4-6,8H,1-3H2. The third kappa shape index (κ3) is 5.98. The van der Waals surface area contributed by atoms with Gasteiger partial charge < -0.3 is 19.8 Å². The summed E-state index contributed by atoms with van der Waals surface area (Å²) in [6.45, 7) is 7.45. The average molecular weight is 400 g/mol. The number of aromatic amines is 1. The van der Waals surface area contributed by atoms with Crippen LogP contribution in [0.3, 0.4) is 0 Å². The van der Waals surface area contributed by atoms with E-state index in [1.165, 1.54) is 5.56 Å². The molecule has 2 unspecified atom stereocenters. The second-order valence-corrected chi connectivity index (χ2v) is 8.34. The van der Waals surface area contributed by atoms with Crippen molar-refractivity contribution in [3.05, 3.63) is 45.7 Å². The van der Waals surface area contributed by atoms with E-state index in [0.717, 1.165) is 74.7 Å². The van der Waals surface area contributed by atoms with Crippen molar-refractivity contribution in [1.29, 1.82) is 0 Å². The Morgan fingerprint density at radius 3 is 2.52 bits per heavy atom. The highest BCUT2D eigenvalue weighted by molar-refractivity contribution is 5.79. The van der Waals surface area contributed by atoms with Crippen molar-refractivity contribution < 1.29 is 9.90 Å². The number of aliphatic hydroxyl groups is 1. The van der Waals surface area contributed by atoms with Gasteiger partial charge in [-0.3, -0.25) is 9.69 Å². The summed E-state index contributed by atoms with van der Waals surface area (Å²) in [6, 6.07) is 8.43. The van der Waals surface area contributed by atoms with Crippen LogP contribution in [-0.4, -0.2) is 65.5 Å². The van der Waals surface area contributed by atoms with Gasteiger partial charge in [0.25, 0.3) is 5.56 Å². The first-order valence-corrected chi connectivity index (χ1v) is 10.7. The monoisotopic (exact) mass is 399 g/mol. The van der Waals surface area contributed by atoms with Crippen LogP contribution in [0.5, 0.6) is 0 Å². The quantitative estimate of drug-likeness (QED) is 0.771. The van der Waals surface area contributed by atoms with Gasteiger partial charge in [-0.25, -0.2) is 0 Å². The molecule has 1 aliphatic carbocycles. The molecule has 1 aromatic carbocycles. The second-order valence-electron chi connectivity index (χ2n) is 8.34. The average Bonchev–Trinajstić information content (AvgIpc) is 3.15. The number of aldehydes is 1. The first kappa shape index (κ1) is 21.7. The van der Waals surface area contributed by atoms with E-state index in [4.69, 9.17) is 5.11 Å². The molecule has 2 N–H and O–H groups in total. The predicted octanol–water partition coefficient (Wildman–Crippen LogP) is 2.18. The number of nitrogens with one attached hydrogen (secondary N) is 1. The number of fused-ring (bicyclic) bond motifs is 1. The number of likely N-dealkylation sites (N-methyl/N-ethyl adjacent to an activating group) is 1. The van der Waals surface area contributed by atoms with Crippen molar-refractivity contribution in [2.24, 2.45) is 5.92 Å². The third-order valence-corrected chi connectivity index (χ3v) is 6.01. The van der Waals surface area contributed by atoms with E-state index in [1.807, 2.05) is 13.0 Å². The highest BCUT2D eigenvalue weighted by atomic mass is 16.3. The van der Waals surface area contributed by atoms with Crippen LogP contribution < -0.4 is 5.56 Å². The summed E-state index contributed by atoms with van der Waals surface area (Å²) in [7, 11) is 2.17. The van der Waals surface area contributed by atoms with Crippen molar-refractivity contribution in [1.82, 2.24) is 14.8 Å². The summed E-state index contributed by atoms with van der Waals surface area (Å²) in [4.78, 5) is 29.8. The number of aliphatic hydroxyl groups excluding tert-OH is 1. The zero-order chi connectivity index (χ0) is 20.8. The molecule has 158 valence electrons. The molecule has 1 saturated heterocycles. The zero-order valence-corrected chi connectivity index (χ0v) is 17.6. The number of piperazine rings is 1. The van der Waals surface area contributed by atoms with Crippen LogP contribution >= 0.6 is 0 Å². The minimum atomic E-state index is -0.204. The van der Waals surface area contributed by atoms with Crippen molar-refractivity contribution in [2.45, 2.75) is 45.3 Å². The molecule has 29 heavy (non-hydrogen) atoms. The number of carbonyl (C=O) groups is 1. The number of rotatable bonds is 4. The van der Waals surface area contributed by atoms with Crippen LogP contribution in [0.1, 0.15) is 37.3 Å². The Morgan fingerprint density at radius 1 is 1.17 bits per heavy atom. The molecule has 6 heteroatoms. The van der Waals surface area contributed by atoms with Crippen molar-refractivity contribution in [2.75, 3.05) is 33.2 Å². The highest BCUT2D eigenvalue weighted by Crippen LogP contribution is 2.22. The van der Waals surface area contributed by atoms with Gasteiger partial charge in [0.1, 0.15) is 6.29 Å². The van der Waals surface area contributed by atoms with E-state index in [-0.39, 0.29) is 17.6 Å². The van der Waals surface area contributed by atoms with Crippen LogP contribution in [-0.2, 0) is 17.8 Å². The summed E-state index contributed by atoms with van der Waals surface area (Å²) >= 11 is 0. The number of pyridine rings is 1. The summed E-state index contributed by atoms with van der Waals surface area (Å²) in [6.07, 6.45) is 3.88. The summed E-state index contributed by atoms with van der Waals surface area (Å²) in [5.74, 6) is 0.144. The molecule has 2 atom stereocenters. The summed E-state index contributed by atoms with van der Waals surface area (Å²) in [5.41, 5.74) is 3.12. The number of nitrogens with zero attached hydrogens (tertiary/aromatic N) is 2. The van der Waals surface area contributed by atoms with Gasteiger partial charge in [-0.2, -0.15) is 0 Å². The predicted molar refractivity (Wildman–Crippen MR) is 116 cm³/mol. The van der Waals surface area contributed by atoms with Gasteiger partial charge in [-0.05, 0) is 55.8 Å². The Bertz CT molecular complexity index is 871. The fraction of sp³-hybridized carbons (Fsp3) is 0.565. The molecular formula is C23H33N3O3. The lowest BCUT2D eigenvalue weighted by Gasteiger charge is -2.32. The SMILES string of the molecule is CCc1cc2ccc(CN3CCN(C)CC3)cc2[nH]c1=O.O=CC1CCC(O)C1. The Balaban J connectivity index is 0.000000252. The summed E-state index contributed by atoms with van der Waals surface area (Å²) < 4.78 is 0. The number of benzene rings is 1. The first-order chi connectivity index (χ1) is 14.0. The van der Waals surface area contributed by atoms with Crippen LogP contribution in [0.2, 0.25) is 0 Å². The van der Waals surface area contributed by atoms with E-state index in [1.54, 1.807) is 0 Å². The van der Waals surface area contributed by atoms with E-state index in [0.29, 0.717) is 6.42 Å². The van der Waals surface area contributed by atoms with E-state index in [9.17, 15) is 9.59 Å².